The van der Waals surface area contributed by atoms with E-state index in [1.807, 2.05) is 30.3 Å². The van der Waals surface area contributed by atoms with E-state index in [-0.39, 0.29) is 41.6 Å². The molecule has 0 bridgehead atoms. The van der Waals surface area contributed by atoms with Crippen LogP contribution in [0, 0.1) is 0 Å². The lowest BCUT2D eigenvalue weighted by Crippen LogP contribution is -2.35. The van der Waals surface area contributed by atoms with Crippen LogP contribution in [0.5, 0.6) is 5.75 Å². The van der Waals surface area contributed by atoms with Crippen LogP contribution in [0.1, 0.15) is 24.8 Å². The van der Waals surface area contributed by atoms with E-state index in [0.717, 1.165) is 24.8 Å². The number of aromatic hydroxyl groups is 1. The van der Waals surface area contributed by atoms with Gasteiger partial charge in [0.25, 0.3) is 5.56 Å². The molecule has 8 heteroatoms. The summed E-state index contributed by atoms with van der Waals surface area (Å²) >= 11 is 6.45. The van der Waals surface area contributed by atoms with Gasteiger partial charge < -0.3 is 15.2 Å². The van der Waals surface area contributed by atoms with Crippen molar-refractivity contribution in [2.24, 2.45) is 0 Å². The fraction of sp³-hybridized carbons (Fsp3) is 0.261. The average Bonchev–Trinajstić information content (AvgIpc) is 2.73. The van der Waals surface area contributed by atoms with Crippen molar-refractivity contribution in [2.75, 3.05) is 5.32 Å². The molecule has 1 aliphatic carbocycles. The summed E-state index contributed by atoms with van der Waals surface area (Å²) in [6.07, 6.45) is 2.99. The van der Waals surface area contributed by atoms with E-state index in [4.69, 9.17) is 16.3 Å². The zero-order valence-electron chi connectivity index (χ0n) is 16.8. The summed E-state index contributed by atoms with van der Waals surface area (Å²) in [5, 5.41) is 13.1. The van der Waals surface area contributed by atoms with Gasteiger partial charge in [0, 0.05) is 11.6 Å². The molecule has 0 spiro atoms. The Kier molecular flexibility index (Phi) is 6.23. The molecular formula is C23H22ClN3O4. The number of halogens is 1. The number of phenolic OH excluding ortho intramolecular Hbond substituents is 1. The van der Waals surface area contributed by atoms with Gasteiger partial charge in [0.1, 0.15) is 18.9 Å². The molecule has 0 atom stereocenters. The minimum absolute atomic E-state index is 0.0101. The summed E-state index contributed by atoms with van der Waals surface area (Å²) in [6, 6.07) is 15.7. The Balaban J connectivity index is 1.66. The van der Waals surface area contributed by atoms with Crippen LogP contribution in [0.4, 0.5) is 5.82 Å². The van der Waals surface area contributed by atoms with Crippen LogP contribution in [0.25, 0.3) is 11.3 Å². The number of phenols is 1. The van der Waals surface area contributed by atoms with Crippen LogP contribution in [0.3, 0.4) is 0 Å². The van der Waals surface area contributed by atoms with Crippen molar-refractivity contribution < 1.29 is 14.6 Å². The summed E-state index contributed by atoms with van der Waals surface area (Å²) < 4.78 is 6.61. The second-order valence-electron chi connectivity index (χ2n) is 7.46. The number of nitrogens with one attached hydrogen (secondary N) is 1. The molecule has 0 amide bonds. The van der Waals surface area contributed by atoms with Gasteiger partial charge in [-0.15, -0.1) is 0 Å². The minimum Gasteiger partial charge on any atom is -0.508 e. The number of carbonyl (C=O) groups is 1. The van der Waals surface area contributed by atoms with Gasteiger partial charge in [-0.25, -0.2) is 4.98 Å². The Labute approximate surface area is 184 Å². The minimum atomic E-state index is -0.579. The van der Waals surface area contributed by atoms with Crippen molar-refractivity contribution >= 4 is 23.4 Å². The molecule has 2 N–H and O–H groups in total. The standard InChI is InChI=1S/C23H22ClN3O4/c24-21-20(16-8-4-11-18(28)12-16)27(23(30)22(26-21)25-17-9-5-10-17)13-19(29)31-14-15-6-2-1-3-7-15/h1-4,6-8,11-12,17,28H,5,9-10,13-14H2,(H,25,26). The highest BCUT2D eigenvalue weighted by atomic mass is 35.5. The summed E-state index contributed by atoms with van der Waals surface area (Å²) in [7, 11) is 0. The smallest absolute Gasteiger partial charge is 0.326 e. The van der Waals surface area contributed by atoms with E-state index < -0.39 is 11.5 Å². The van der Waals surface area contributed by atoms with Crippen LogP contribution in [-0.4, -0.2) is 26.7 Å². The van der Waals surface area contributed by atoms with E-state index in [1.54, 1.807) is 12.1 Å². The maximum atomic E-state index is 13.2. The molecule has 1 aromatic heterocycles. The highest BCUT2D eigenvalue weighted by molar-refractivity contribution is 6.32. The predicted octanol–water partition coefficient (Wildman–Crippen LogP) is 3.98. The maximum Gasteiger partial charge on any atom is 0.326 e. The summed E-state index contributed by atoms with van der Waals surface area (Å²) in [5.74, 6) is -0.463. The van der Waals surface area contributed by atoms with E-state index in [0.29, 0.717) is 5.56 Å². The largest absolute Gasteiger partial charge is 0.508 e. The summed E-state index contributed by atoms with van der Waals surface area (Å²) in [6.45, 7) is -0.236. The molecular weight excluding hydrogens is 418 g/mol. The fourth-order valence-corrected chi connectivity index (χ4v) is 3.67. The molecule has 1 aliphatic rings. The third-order valence-corrected chi connectivity index (χ3v) is 5.48. The van der Waals surface area contributed by atoms with Gasteiger partial charge >= 0.3 is 5.97 Å². The van der Waals surface area contributed by atoms with Crippen LogP contribution in [-0.2, 0) is 22.7 Å². The molecule has 3 aromatic rings. The number of rotatable bonds is 7. The number of hydrogen-bond donors (Lipinski definition) is 2. The fourth-order valence-electron chi connectivity index (χ4n) is 3.37. The number of carbonyl (C=O) groups excluding carboxylic acids is 1. The maximum absolute atomic E-state index is 13.2. The van der Waals surface area contributed by atoms with Gasteiger partial charge in [-0.1, -0.05) is 54.1 Å². The van der Waals surface area contributed by atoms with E-state index in [2.05, 4.69) is 10.3 Å². The molecule has 1 fully saturated rings. The van der Waals surface area contributed by atoms with Crippen LogP contribution < -0.4 is 10.9 Å². The van der Waals surface area contributed by atoms with Crippen LogP contribution in [0.2, 0.25) is 5.15 Å². The van der Waals surface area contributed by atoms with Crippen molar-refractivity contribution in [3.8, 4) is 17.0 Å². The summed E-state index contributed by atoms with van der Waals surface area (Å²) in [4.78, 5) is 30.0. The number of anilines is 1. The molecule has 0 aliphatic heterocycles. The first-order chi connectivity index (χ1) is 15.0. The number of ether oxygens (including phenoxy) is 1. The lowest BCUT2D eigenvalue weighted by Gasteiger charge is -2.27. The SMILES string of the molecule is O=C(Cn1c(-c2cccc(O)c2)c(Cl)nc(NC2CCC2)c1=O)OCc1ccccc1. The Hall–Kier alpha value is -3.32. The highest BCUT2D eigenvalue weighted by Crippen LogP contribution is 2.29. The molecule has 0 radical (unpaired) electrons. The number of aromatic nitrogens is 2. The quantitative estimate of drug-likeness (QED) is 0.541. The van der Waals surface area contributed by atoms with E-state index in [9.17, 15) is 14.7 Å². The van der Waals surface area contributed by atoms with Gasteiger partial charge in [0.2, 0.25) is 0 Å². The van der Waals surface area contributed by atoms with Crippen molar-refractivity contribution in [1.82, 2.24) is 9.55 Å². The zero-order valence-corrected chi connectivity index (χ0v) is 17.5. The zero-order chi connectivity index (χ0) is 21.8. The van der Waals surface area contributed by atoms with Crippen molar-refractivity contribution in [1.29, 1.82) is 0 Å². The van der Waals surface area contributed by atoms with Crippen molar-refractivity contribution in [3.63, 3.8) is 0 Å². The second-order valence-corrected chi connectivity index (χ2v) is 7.82. The Morgan fingerprint density at radius 1 is 1.19 bits per heavy atom. The second kappa shape index (κ2) is 9.22. The Bertz CT molecular complexity index is 1140. The lowest BCUT2D eigenvalue weighted by atomic mass is 9.93. The first-order valence-corrected chi connectivity index (χ1v) is 10.4. The third kappa shape index (κ3) is 4.88. The van der Waals surface area contributed by atoms with Crippen LogP contribution in [0.15, 0.2) is 59.4 Å². The van der Waals surface area contributed by atoms with Crippen molar-refractivity contribution in [2.45, 2.75) is 38.5 Å². The Morgan fingerprint density at radius 2 is 1.97 bits per heavy atom. The van der Waals surface area contributed by atoms with Crippen LogP contribution >= 0.6 is 11.6 Å². The predicted molar refractivity (Wildman–Crippen MR) is 118 cm³/mol. The molecule has 1 saturated carbocycles. The normalized spacial score (nSPS) is 13.5. The number of hydrogen-bond acceptors (Lipinski definition) is 6. The number of benzene rings is 2. The lowest BCUT2D eigenvalue weighted by molar-refractivity contribution is -0.145. The molecule has 2 aromatic carbocycles. The molecule has 0 unspecified atom stereocenters. The average molecular weight is 440 g/mol. The molecule has 0 saturated heterocycles. The van der Waals surface area contributed by atoms with Gasteiger partial charge in [0.15, 0.2) is 11.0 Å². The molecule has 4 rings (SSSR count). The first-order valence-electron chi connectivity index (χ1n) is 10.1. The number of esters is 1. The van der Waals surface area contributed by atoms with Crippen molar-refractivity contribution in [3.05, 3.63) is 75.7 Å². The van der Waals surface area contributed by atoms with Gasteiger partial charge in [0.05, 0.1) is 5.69 Å². The summed E-state index contributed by atoms with van der Waals surface area (Å²) in [5.41, 5.74) is 1.10. The monoisotopic (exact) mass is 439 g/mol. The van der Waals surface area contributed by atoms with Gasteiger partial charge in [-0.3, -0.25) is 14.2 Å². The third-order valence-electron chi connectivity index (χ3n) is 5.22. The Morgan fingerprint density at radius 3 is 2.65 bits per heavy atom. The molecule has 1 heterocycles. The van der Waals surface area contributed by atoms with E-state index >= 15 is 0 Å². The van der Waals surface area contributed by atoms with E-state index in [1.165, 1.54) is 16.7 Å². The van der Waals surface area contributed by atoms with Gasteiger partial charge in [-0.05, 0) is 37.0 Å². The topological polar surface area (TPSA) is 93.5 Å². The molecule has 7 nitrogen and oxygen atoms in total. The van der Waals surface area contributed by atoms with Gasteiger partial charge in [-0.2, -0.15) is 0 Å². The number of nitrogens with zero attached hydrogens (tertiary/aromatic N) is 2. The first kappa shape index (κ1) is 20.9. The molecule has 160 valence electrons. The highest BCUT2D eigenvalue weighted by Gasteiger charge is 2.24. The molecule has 31 heavy (non-hydrogen) atoms.